The van der Waals surface area contributed by atoms with Gasteiger partial charge in [-0.25, -0.2) is 9.97 Å². The third-order valence-corrected chi connectivity index (χ3v) is 3.32. The van der Waals surface area contributed by atoms with Gasteiger partial charge in [0.05, 0.1) is 17.3 Å². The van der Waals surface area contributed by atoms with E-state index < -0.39 is 0 Å². The number of pyridine rings is 1. The highest BCUT2D eigenvalue weighted by atomic mass is 35.5. The Morgan fingerprint density at radius 3 is 2.52 bits per heavy atom. The number of nitrogens with one attached hydrogen (secondary N) is 1. The standard InChI is InChI=1S/C15H17ClN4O/c1-9(2)14-18-8-12(16)13(20-14)15(21)19-10(3)11-4-6-17-7-5-11/h4-10H,1-3H3,(H,19,21). The Hall–Kier alpha value is -2.01. The molecule has 0 fully saturated rings. The average Bonchev–Trinajstić information content (AvgIpc) is 2.48. The monoisotopic (exact) mass is 304 g/mol. The molecule has 1 amide bonds. The van der Waals surface area contributed by atoms with Crippen LogP contribution in [-0.4, -0.2) is 20.9 Å². The molecule has 0 saturated carbocycles. The van der Waals surface area contributed by atoms with Crippen LogP contribution in [0.4, 0.5) is 0 Å². The number of nitrogens with zero attached hydrogens (tertiary/aromatic N) is 3. The molecule has 0 radical (unpaired) electrons. The smallest absolute Gasteiger partial charge is 0.272 e. The highest BCUT2D eigenvalue weighted by Gasteiger charge is 2.17. The second-order valence-electron chi connectivity index (χ2n) is 5.06. The van der Waals surface area contributed by atoms with Crippen molar-refractivity contribution in [3.63, 3.8) is 0 Å². The van der Waals surface area contributed by atoms with Gasteiger partial charge in [0, 0.05) is 18.3 Å². The maximum atomic E-state index is 12.3. The zero-order valence-electron chi connectivity index (χ0n) is 12.2. The molecule has 2 rings (SSSR count). The predicted molar refractivity (Wildman–Crippen MR) is 81.2 cm³/mol. The summed E-state index contributed by atoms with van der Waals surface area (Å²) in [6, 6.07) is 3.55. The normalized spacial score (nSPS) is 12.2. The first-order valence-electron chi connectivity index (χ1n) is 6.72. The van der Waals surface area contributed by atoms with Gasteiger partial charge < -0.3 is 5.32 Å². The maximum Gasteiger partial charge on any atom is 0.272 e. The molecule has 0 aliphatic heterocycles. The number of aromatic nitrogens is 3. The van der Waals surface area contributed by atoms with E-state index in [0.29, 0.717) is 5.82 Å². The quantitative estimate of drug-likeness (QED) is 0.942. The Morgan fingerprint density at radius 1 is 1.24 bits per heavy atom. The van der Waals surface area contributed by atoms with Crippen molar-refractivity contribution < 1.29 is 4.79 Å². The van der Waals surface area contributed by atoms with Crippen molar-refractivity contribution >= 4 is 17.5 Å². The predicted octanol–water partition coefficient (Wildman–Crippen LogP) is 3.14. The molecule has 5 nitrogen and oxygen atoms in total. The molecule has 0 aromatic carbocycles. The van der Waals surface area contributed by atoms with Crippen LogP contribution in [0, 0.1) is 0 Å². The summed E-state index contributed by atoms with van der Waals surface area (Å²) in [5.41, 5.74) is 1.17. The molecule has 0 bridgehead atoms. The minimum atomic E-state index is -0.311. The number of rotatable bonds is 4. The van der Waals surface area contributed by atoms with E-state index in [9.17, 15) is 4.79 Å². The number of amides is 1. The highest BCUT2D eigenvalue weighted by Crippen LogP contribution is 2.18. The van der Waals surface area contributed by atoms with E-state index in [1.54, 1.807) is 12.4 Å². The second-order valence-corrected chi connectivity index (χ2v) is 5.46. The average molecular weight is 305 g/mol. The zero-order chi connectivity index (χ0) is 15.4. The molecular formula is C15H17ClN4O. The molecule has 1 atom stereocenters. The molecule has 6 heteroatoms. The first-order valence-corrected chi connectivity index (χ1v) is 7.10. The van der Waals surface area contributed by atoms with Gasteiger partial charge in [0.25, 0.3) is 5.91 Å². The van der Waals surface area contributed by atoms with Crippen LogP contribution in [0.3, 0.4) is 0 Å². The number of hydrogen-bond acceptors (Lipinski definition) is 4. The Morgan fingerprint density at radius 2 is 1.90 bits per heavy atom. The maximum absolute atomic E-state index is 12.3. The summed E-state index contributed by atoms with van der Waals surface area (Å²) >= 11 is 6.03. The number of carbonyl (C=O) groups is 1. The van der Waals surface area contributed by atoms with E-state index in [1.807, 2.05) is 32.9 Å². The second kappa shape index (κ2) is 6.63. The van der Waals surface area contributed by atoms with Gasteiger partial charge in [-0.1, -0.05) is 25.4 Å². The van der Waals surface area contributed by atoms with Crippen LogP contribution >= 0.6 is 11.6 Å². The van der Waals surface area contributed by atoms with Gasteiger partial charge in [0.1, 0.15) is 11.5 Å². The fraction of sp³-hybridized carbons (Fsp3) is 0.333. The van der Waals surface area contributed by atoms with Crippen LogP contribution in [0.2, 0.25) is 5.02 Å². The van der Waals surface area contributed by atoms with Gasteiger partial charge in [-0.3, -0.25) is 9.78 Å². The molecule has 2 aromatic rings. The number of hydrogen-bond donors (Lipinski definition) is 1. The molecule has 0 saturated heterocycles. The number of halogens is 1. The van der Waals surface area contributed by atoms with E-state index in [-0.39, 0.29) is 28.6 Å². The van der Waals surface area contributed by atoms with Crippen molar-refractivity contribution in [3.8, 4) is 0 Å². The molecule has 0 aliphatic carbocycles. The third kappa shape index (κ3) is 3.76. The van der Waals surface area contributed by atoms with Crippen molar-refractivity contribution in [2.45, 2.75) is 32.7 Å². The molecular weight excluding hydrogens is 288 g/mol. The Balaban J connectivity index is 2.19. The molecule has 2 aromatic heterocycles. The van der Waals surface area contributed by atoms with Crippen molar-refractivity contribution in [1.29, 1.82) is 0 Å². The Labute approximate surface area is 128 Å². The Kier molecular flexibility index (Phi) is 4.85. The van der Waals surface area contributed by atoms with Crippen LogP contribution in [-0.2, 0) is 0 Å². The lowest BCUT2D eigenvalue weighted by atomic mass is 10.1. The molecule has 21 heavy (non-hydrogen) atoms. The van der Waals surface area contributed by atoms with Crippen LogP contribution in [0.1, 0.15) is 54.6 Å². The van der Waals surface area contributed by atoms with Crippen LogP contribution < -0.4 is 5.32 Å². The summed E-state index contributed by atoms with van der Waals surface area (Å²) in [5.74, 6) is 0.418. The summed E-state index contributed by atoms with van der Waals surface area (Å²) in [5, 5.41) is 3.13. The van der Waals surface area contributed by atoms with Crippen molar-refractivity contribution in [2.24, 2.45) is 0 Å². The highest BCUT2D eigenvalue weighted by molar-refractivity contribution is 6.33. The minimum absolute atomic E-state index is 0.131. The third-order valence-electron chi connectivity index (χ3n) is 3.05. The fourth-order valence-corrected chi connectivity index (χ4v) is 2.00. The topological polar surface area (TPSA) is 67.8 Å². The van der Waals surface area contributed by atoms with Gasteiger partial charge in [0.2, 0.25) is 0 Å². The fourth-order valence-electron chi connectivity index (χ4n) is 1.82. The lowest BCUT2D eigenvalue weighted by Crippen LogP contribution is -2.28. The van der Waals surface area contributed by atoms with Gasteiger partial charge in [-0.15, -0.1) is 0 Å². The Bertz CT molecular complexity index is 631. The lowest BCUT2D eigenvalue weighted by molar-refractivity contribution is 0.0934. The van der Waals surface area contributed by atoms with Crippen LogP contribution in [0.15, 0.2) is 30.7 Å². The van der Waals surface area contributed by atoms with Crippen molar-refractivity contribution in [2.75, 3.05) is 0 Å². The van der Waals surface area contributed by atoms with E-state index in [0.717, 1.165) is 5.56 Å². The van der Waals surface area contributed by atoms with Gasteiger partial charge in [-0.05, 0) is 24.6 Å². The summed E-state index contributed by atoms with van der Waals surface area (Å²) in [7, 11) is 0. The zero-order valence-corrected chi connectivity index (χ0v) is 12.9. The molecule has 1 N–H and O–H groups in total. The van der Waals surface area contributed by atoms with Gasteiger partial charge >= 0.3 is 0 Å². The van der Waals surface area contributed by atoms with E-state index >= 15 is 0 Å². The summed E-state index contributed by atoms with van der Waals surface area (Å²) in [6.07, 6.45) is 4.84. The van der Waals surface area contributed by atoms with Gasteiger partial charge in [-0.2, -0.15) is 0 Å². The van der Waals surface area contributed by atoms with Crippen molar-refractivity contribution in [1.82, 2.24) is 20.3 Å². The molecule has 1 unspecified atom stereocenters. The minimum Gasteiger partial charge on any atom is -0.344 e. The molecule has 110 valence electrons. The van der Waals surface area contributed by atoms with Crippen LogP contribution in [0.25, 0.3) is 0 Å². The number of carbonyl (C=O) groups excluding carboxylic acids is 1. The first kappa shape index (κ1) is 15.4. The van der Waals surface area contributed by atoms with E-state index in [4.69, 9.17) is 11.6 Å². The lowest BCUT2D eigenvalue weighted by Gasteiger charge is -2.15. The summed E-state index contributed by atoms with van der Waals surface area (Å²) in [6.45, 7) is 5.82. The van der Waals surface area contributed by atoms with E-state index in [1.165, 1.54) is 6.20 Å². The molecule has 2 heterocycles. The molecule has 0 aliphatic rings. The van der Waals surface area contributed by atoms with Crippen molar-refractivity contribution in [3.05, 3.63) is 52.8 Å². The van der Waals surface area contributed by atoms with Crippen LogP contribution in [0.5, 0.6) is 0 Å². The van der Waals surface area contributed by atoms with E-state index in [2.05, 4.69) is 20.3 Å². The van der Waals surface area contributed by atoms with Gasteiger partial charge in [0.15, 0.2) is 0 Å². The summed E-state index contributed by atoms with van der Waals surface area (Å²) in [4.78, 5) is 24.7. The largest absolute Gasteiger partial charge is 0.344 e. The summed E-state index contributed by atoms with van der Waals surface area (Å²) < 4.78 is 0. The SMILES string of the molecule is CC(C)c1ncc(Cl)c(C(=O)NC(C)c2ccncc2)n1. The molecule has 0 spiro atoms. The first-order chi connectivity index (χ1) is 9.99.